The molecule has 0 radical (unpaired) electrons. The van der Waals surface area contributed by atoms with Crippen LogP contribution in [-0.4, -0.2) is 23.4 Å². The lowest BCUT2D eigenvalue weighted by atomic mass is 9.83. The Morgan fingerprint density at radius 1 is 1.00 bits per heavy atom. The highest BCUT2D eigenvalue weighted by Crippen LogP contribution is 2.24. The molecular weight excluding hydrogens is 236 g/mol. The van der Waals surface area contributed by atoms with Gasteiger partial charge in [-0.25, -0.2) is 0 Å². The molecule has 0 aliphatic rings. The van der Waals surface area contributed by atoms with Crippen molar-refractivity contribution in [1.82, 2.24) is 0 Å². The molecule has 2 N–H and O–H groups in total. The molecule has 2 nitrogen and oxygen atoms in total. The van der Waals surface area contributed by atoms with E-state index in [1.807, 2.05) is 13.8 Å². The van der Waals surface area contributed by atoms with Crippen LogP contribution >= 0.6 is 0 Å². The first-order chi connectivity index (χ1) is 8.70. The molecule has 0 saturated carbocycles. The molecule has 0 fully saturated rings. The number of aliphatic hydroxyl groups is 2. The van der Waals surface area contributed by atoms with Crippen molar-refractivity contribution in [3.63, 3.8) is 0 Å². The predicted octanol–water partition coefficient (Wildman–Crippen LogP) is 3.72. The van der Waals surface area contributed by atoms with E-state index < -0.39 is 0 Å². The van der Waals surface area contributed by atoms with E-state index in [9.17, 15) is 0 Å². The van der Waals surface area contributed by atoms with Crippen molar-refractivity contribution in [2.45, 2.75) is 61.3 Å². The van der Waals surface area contributed by atoms with Crippen LogP contribution in [0.3, 0.4) is 0 Å². The van der Waals surface area contributed by atoms with Gasteiger partial charge in [0.15, 0.2) is 0 Å². The third-order valence-corrected chi connectivity index (χ3v) is 2.82. The highest BCUT2D eigenvalue weighted by atomic mass is 16.3. The molecule has 0 aromatic rings. The molecule has 0 bridgehead atoms. The molecule has 0 aliphatic heterocycles. The summed E-state index contributed by atoms with van der Waals surface area (Å²) in [7, 11) is 0. The minimum Gasteiger partial charge on any atom is -0.396 e. The largest absolute Gasteiger partial charge is 0.396 e. The van der Waals surface area contributed by atoms with Gasteiger partial charge < -0.3 is 10.2 Å². The normalized spacial score (nSPS) is 15.1. The van der Waals surface area contributed by atoms with Crippen LogP contribution in [0.25, 0.3) is 0 Å². The van der Waals surface area contributed by atoms with Crippen molar-refractivity contribution in [3.8, 4) is 11.8 Å². The fraction of sp³-hybridized carbons (Fsp3) is 0.882. The van der Waals surface area contributed by atoms with Crippen LogP contribution < -0.4 is 0 Å². The molecule has 0 aliphatic carbocycles. The maximum atomic E-state index is 9.06. The minimum absolute atomic E-state index is 0.159. The Balaban J connectivity index is 0. The lowest BCUT2D eigenvalue weighted by Crippen LogP contribution is -2.21. The molecule has 0 aromatic heterocycles. The van der Waals surface area contributed by atoms with Crippen molar-refractivity contribution >= 4 is 0 Å². The van der Waals surface area contributed by atoms with E-state index >= 15 is 0 Å². The first-order valence-corrected chi connectivity index (χ1v) is 7.36. The summed E-state index contributed by atoms with van der Waals surface area (Å²) in [6, 6.07) is 0. The molecule has 0 rings (SSSR count). The molecule has 114 valence electrons. The lowest BCUT2D eigenvalue weighted by molar-refractivity contribution is 0.169. The maximum Gasteiger partial charge on any atom is 0.0594 e. The summed E-state index contributed by atoms with van der Waals surface area (Å²) >= 11 is 0. The van der Waals surface area contributed by atoms with Crippen molar-refractivity contribution in [2.24, 2.45) is 23.2 Å². The van der Waals surface area contributed by atoms with Crippen molar-refractivity contribution in [1.29, 1.82) is 0 Å². The van der Waals surface area contributed by atoms with E-state index in [1.54, 1.807) is 0 Å². The van der Waals surface area contributed by atoms with E-state index in [2.05, 4.69) is 46.5 Å². The fourth-order valence-corrected chi connectivity index (χ4v) is 2.24. The number of hydrogen-bond donors (Lipinski definition) is 2. The van der Waals surface area contributed by atoms with E-state index in [0.717, 1.165) is 18.8 Å². The molecule has 0 spiro atoms. The standard InChI is InChI=1S/C10H18O.C7H16O/c1-5-6-10(4,8-11)7-9(2)3;1-6(2)4-7(3)5-8/h9,11H,7-8H2,1-4H3;6-8H,4-5H2,1-3H3. The quantitative estimate of drug-likeness (QED) is 0.722. The average Bonchev–Trinajstić information content (AvgIpc) is 2.28. The van der Waals surface area contributed by atoms with Gasteiger partial charge in [-0.15, -0.1) is 5.92 Å². The number of rotatable bonds is 6. The van der Waals surface area contributed by atoms with Gasteiger partial charge in [0.1, 0.15) is 0 Å². The van der Waals surface area contributed by atoms with Crippen LogP contribution in [0.1, 0.15) is 61.3 Å². The molecule has 0 saturated heterocycles. The van der Waals surface area contributed by atoms with E-state index in [-0.39, 0.29) is 12.0 Å². The van der Waals surface area contributed by atoms with Crippen LogP contribution in [0.15, 0.2) is 0 Å². The molecular formula is C17H34O2. The first kappa shape index (κ1) is 20.8. The lowest BCUT2D eigenvalue weighted by Gasteiger charge is -2.22. The van der Waals surface area contributed by atoms with Crippen LogP contribution in [-0.2, 0) is 0 Å². The fourth-order valence-electron chi connectivity index (χ4n) is 2.24. The summed E-state index contributed by atoms with van der Waals surface area (Å²) in [6.07, 6.45) is 2.10. The summed E-state index contributed by atoms with van der Waals surface area (Å²) in [4.78, 5) is 0. The van der Waals surface area contributed by atoms with Gasteiger partial charge in [0.25, 0.3) is 0 Å². The molecule has 0 aromatic carbocycles. The highest BCUT2D eigenvalue weighted by Gasteiger charge is 2.21. The van der Waals surface area contributed by atoms with Gasteiger partial charge in [-0.3, -0.25) is 0 Å². The second-order valence-electron chi connectivity index (χ2n) is 6.61. The van der Waals surface area contributed by atoms with Gasteiger partial charge in [0.05, 0.1) is 12.0 Å². The molecule has 19 heavy (non-hydrogen) atoms. The third-order valence-electron chi connectivity index (χ3n) is 2.82. The molecule has 0 heterocycles. The van der Waals surface area contributed by atoms with Gasteiger partial charge in [-0.1, -0.05) is 40.5 Å². The summed E-state index contributed by atoms with van der Waals surface area (Å²) in [5, 5.41) is 17.6. The van der Waals surface area contributed by atoms with E-state index in [0.29, 0.717) is 18.4 Å². The first-order valence-electron chi connectivity index (χ1n) is 7.36. The monoisotopic (exact) mass is 270 g/mol. The molecule has 2 heteroatoms. The average molecular weight is 270 g/mol. The third kappa shape index (κ3) is 13.7. The zero-order valence-corrected chi connectivity index (χ0v) is 14.0. The molecule has 2 atom stereocenters. The Bertz CT molecular complexity index is 260. The Hall–Kier alpha value is -0.520. The van der Waals surface area contributed by atoms with Crippen molar-refractivity contribution in [3.05, 3.63) is 0 Å². The topological polar surface area (TPSA) is 40.5 Å². The predicted molar refractivity (Wildman–Crippen MR) is 83.8 cm³/mol. The van der Waals surface area contributed by atoms with Crippen molar-refractivity contribution in [2.75, 3.05) is 13.2 Å². The van der Waals surface area contributed by atoms with E-state index in [4.69, 9.17) is 10.2 Å². The van der Waals surface area contributed by atoms with Gasteiger partial charge in [0, 0.05) is 6.61 Å². The summed E-state index contributed by atoms with van der Waals surface area (Å²) in [6.45, 7) is 15.0. The molecule has 0 amide bonds. The smallest absolute Gasteiger partial charge is 0.0594 e. The number of hydrogen-bond acceptors (Lipinski definition) is 2. The second-order valence-corrected chi connectivity index (χ2v) is 6.61. The SMILES string of the molecule is CC#CC(C)(CO)CC(C)C.CC(C)CC(C)CO. The summed E-state index contributed by atoms with van der Waals surface area (Å²) in [5.74, 6) is 7.69. The van der Waals surface area contributed by atoms with Gasteiger partial charge in [-0.05, 0) is 44.4 Å². The Kier molecular flexibility index (Phi) is 12.4. The van der Waals surface area contributed by atoms with Crippen LogP contribution in [0.4, 0.5) is 0 Å². The minimum atomic E-state index is -0.192. The maximum absolute atomic E-state index is 9.06. The molecule has 2 unspecified atom stereocenters. The highest BCUT2D eigenvalue weighted by molar-refractivity contribution is 5.08. The van der Waals surface area contributed by atoms with Crippen LogP contribution in [0.2, 0.25) is 0 Å². The second kappa shape index (κ2) is 11.3. The zero-order chi connectivity index (χ0) is 15.5. The zero-order valence-electron chi connectivity index (χ0n) is 14.0. The van der Waals surface area contributed by atoms with Crippen molar-refractivity contribution < 1.29 is 10.2 Å². The van der Waals surface area contributed by atoms with Crippen LogP contribution in [0.5, 0.6) is 0 Å². The summed E-state index contributed by atoms with van der Waals surface area (Å²) < 4.78 is 0. The Morgan fingerprint density at radius 2 is 1.53 bits per heavy atom. The van der Waals surface area contributed by atoms with Gasteiger partial charge >= 0.3 is 0 Å². The van der Waals surface area contributed by atoms with E-state index in [1.165, 1.54) is 0 Å². The number of aliphatic hydroxyl groups excluding tert-OH is 2. The Labute approximate surface area is 120 Å². The Morgan fingerprint density at radius 3 is 1.74 bits per heavy atom. The van der Waals surface area contributed by atoms with Gasteiger partial charge in [0.2, 0.25) is 0 Å². The van der Waals surface area contributed by atoms with Crippen LogP contribution in [0, 0.1) is 35.0 Å². The van der Waals surface area contributed by atoms with Gasteiger partial charge in [-0.2, -0.15) is 0 Å². The summed E-state index contributed by atoms with van der Waals surface area (Å²) in [5.41, 5.74) is -0.192.